The van der Waals surface area contributed by atoms with Gasteiger partial charge in [0.05, 0.1) is 17.1 Å². The van der Waals surface area contributed by atoms with E-state index in [0.29, 0.717) is 28.9 Å². The number of nitrogens with one attached hydrogen (secondary N) is 2. The average molecular weight is 329 g/mol. The van der Waals surface area contributed by atoms with Gasteiger partial charge in [0.25, 0.3) is 0 Å². The minimum Gasteiger partial charge on any atom is -0.361 e. The zero-order valence-electron chi connectivity index (χ0n) is 12.2. The third-order valence-corrected chi connectivity index (χ3v) is 5.32. The number of hydrogen-bond donors (Lipinski definition) is 2. The minimum atomic E-state index is -3.55. The van der Waals surface area contributed by atoms with Crippen LogP contribution in [0.4, 0.5) is 0 Å². The van der Waals surface area contributed by atoms with Gasteiger partial charge in [0, 0.05) is 23.5 Å². The number of thiophene rings is 1. The Kier molecular flexibility index (Phi) is 5.15. The smallest absolute Gasteiger partial charge is 0.242 e. The normalized spacial score (nSPS) is 12.2. The molecule has 0 aliphatic carbocycles. The molecule has 21 heavy (non-hydrogen) atoms. The van der Waals surface area contributed by atoms with Crippen molar-refractivity contribution in [3.63, 3.8) is 0 Å². The first-order valence-electron chi connectivity index (χ1n) is 6.60. The molecule has 2 aromatic heterocycles. The second kappa shape index (κ2) is 6.69. The van der Waals surface area contributed by atoms with Crippen molar-refractivity contribution in [2.45, 2.75) is 44.8 Å². The maximum absolute atomic E-state index is 12.3. The van der Waals surface area contributed by atoms with Crippen molar-refractivity contribution in [1.82, 2.24) is 15.2 Å². The summed E-state index contributed by atoms with van der Waals surface area (Å²) in [5.41, 5.74) is 0.563. The molecule has 116 valence electrons. The van der Waals surface area contributed by atoms with Crippen LogP contribution in [-0.4, -0.2) is 19.6 Å². The van der Waals surface area contributed by atoms with Crippen molar-refractivity contribution in [3.05, 3.63) is 33.8 Å². The third kappa shape index (κ3) is 4.37. The van der Waals surface area contributed by atoms with Crippen LogP contribution in [0.1, 0.15) is 30.2 Å². The van der Waals surface area contributed by atoms with E-state index in [1.54, 1.807) is 24.4 Å². The number of sulfonamides is 1. The van der Waals surface area contributed by atoms with Gasteiger partial charge < -0.3 is 9.84 Å². The Morgan fingerprint density at radius 2 is 2.14 bits per heavy atom. The lowest BCUT2D eigenvalue weighted by Gasteiger charge is -2.09. The molecule has 0 aromatic carbocycles. The number of aromatic nitrogens is 1. The Morgan fingerprint density at radius 1 is 1.38 bits per heavy atom. The summed E-state index contributed by atoms with van der Waals surface area (Å²) in [6.07, 6.45) is 0. The Labute approximate surface area is 128 Å². The number of aryl methyl sites for hydroxylation is 1. The van der Waals surface area contributed by atoms with Crippen LogP contribution >= 0.6 is 11.3 Å². The van der Waals surface area contributed by atoms with Crippen LogP contribution in [-0.2, 0) is 23.1 Å². The van der Waals surface area contributed by atoms with Crippen LogP contribution < -0.4 is 10.0 Å². The maximum atomic E-state index is 12.3. The molecule has 0 fully saturated rings. The maximum Gasteiger partial charge on any atom is 0.242 e. The molecule has 2 heterocycles. The summed E-state index contributed by atoms with van der Waals surface area (Å²) in [5, 5.41) is 8.78. The fourth-order valence-electron chi connectivity index (χ4n) is 1.74. The first-order valence-corrected chi connectivity index (χ1v) is 8.96. The lowest BCUT2D eigenvalue weighted by molar-refractivity contribution is 0.390. The highest BCUT2D eigenvalue weighted by Gasteiger charge is 2.20. The molecule has 0 aliphatic rings. The van der Waals surface area contributed by atoms with E-state index in [0.717, 1.165) is 4.88 Å². The second-order valence-electron chi connectivity index (χ2n) is 5.00. The minimum absolute atomic E-state index is 0.118. The van der Waals surface area contributed by atoms with Gasteiger partial charge in [-0.15, -0.1) is 11.3 Å². The van der Waals surface area contributed by atoms with Crippen LogP contribution in [0.5, 0.6) is 0 Å². The molecule has 0 unspecified atom stereocenters. The van der Waals surface area contributed by atoms with E-state index in [1.165, 1.54) is 11.3 Å². The summed E-state index contributed by atoms with van der Waals surface area (Å²) >= 11 is 1.43. The van der Waals surface area contributed by atoms with E-state index in [4.69, 9.17) is 4.52 Å². The van der Waals surface area contributed by atoms with Gasteiger partial charge in [-0.3, -0.25) is 0 Å². The molecule has 6 nitrogen and oxygen atoms in total. The molecule has 0 amide bonds. The van der Waals surface area contributed by atoms with Gasteiger partial charge in [0.15, 0.2) is 0 Å². The number of rotatable bonds is 7. The van der Waals surface area contributed by atoms with E-state index < -0.39 is 10.0 Å². The predicted molar refractivity (Wildman–Crippen MR) is 81.6 cm³/mol. The highest BCUT2D eigenvalue weighted by Crippen LogP contribution is 2.22. The van der Waals surface area contributed by atoms with Gasteiger partial charge >= 0.3 is 0 Å². The molecule has 2 N–H and O–H groups in total. The van der Waals surface area contributed by atoms with Gasteiger partial charge in [-0.2, -0.15) is 0 Å². The Hall–Kier alpha value is -1.22. The lowest BCUT2D eigenvalue weighted by Crippen LogP contribution is -2.26. The third-order valence-electron chi connectivity index (χ3n) is 2.78. The summed E-state index contributed by atoms with van der Waals surface area (Å²) in [7, 11) is -3.55. The van der Waals surface area contributed by atoms with Crippen molar-refractivity contribution >= 4 is 21.4 Å². The van der Waals surface area contributed by atoms with Gasteiger partial charge in [0.2, 0.25) is 10.0 Å². The summed E-state index contributed by atoms with van der Waals surface area (Å²) in [6.45, 7) is 6.46. The standard InChI is InChI=1S/C13H19N3O3S2/c1-9(2)14-8-12-13(4-5-20-12)21(17,18)15-7-11-6-10(3)19-16-11/h4-6,9,14-15H,7-8H2,1-3H3. The van der Waals surface area contributed by atoms with Gasteiger partial charge in [0.1, 0.15) is 5.76 Å². The molecular formula is C13H19N3O3S2. The Bertz CT molecular complexity index is 689. The van der Waals surface area contributed by atoms with Crippen LogP contribution in [0.25, 0.3) is 0 Å². The molecule has 0 saturated heterocycles. The van der Waals surface area contributed by atoms with Crippen LogP contribution in [0.2, 0.25) is 0 Å². The SMILES string of the molecule is Cc1cc(CNS(=O)(=O)c2ccsc2CNC(C)C)no1. The van der Waals surface area contributed by atoms with E-state index in [-0.39, 0.29) is 6.54 Å². The van der Waals surface area contributed by atoms with Gasteiger partial charge in [-0.05, 0) is 18.4 Å². The topological polar surface area (TPSA) is 84.2 Å². The first kappa shape index (κ1) is 16.2. The zero-order chi connectivity index (χ0) is 15.5. The van der Waals surface area contributed by atoms with Gasteiger partial charge in [-0.25, -0.2) is 13.1 Å². The quantitative estimate of drug-likeness (QED) is 0.812. The van der Waals surface area contributed by atoms with Crippen molar-refractivity contribution in [3.8, 4) is 0 Å². The van der Waals surface area contributed by atoms with Gasteiger partial charge in [-0.1, -0.05) is 19.0 Å². The van der Waals surface area contributed by atoms with Crippen molar-refractivity contribution in [1.29, 1.82) is 0 Å². The molecule has 8 heteroatoms. The van der Waals surface area contributed by atoms with E-state index >= 15 is 0 Å². The van der Waals surface area contributed by atoms with E-state index in [2.05, 4.69) is 15.2 Å². The largest absolute Gasteiger partial charge is 0.361 e. The highest BCUT2D eigenvalue weighted by atomic mass is 32.2. The van der Waals surface area contributed by atoms with Crippen LogP contribution in [0.3, 0.4) is 0 Å². The van der Waals surface area contributed by atoms with Crippen molar-refractivity contribution in [2.75, 3.05) is 0 Å². The lowest BCUT2D eigenvalue weighted by atomic mass is 10.4. The molecule has 0 atom stereocenters. The summed E-state index contributed by atoms with van der Waals surface area (Å²) in [5.74, 6) is 0.654. The molecule has 0 spiro atoms. The van der Waals surface area contributed by atoms with Crippen LogP contribution in [0.15, 0.2) is 26.9 Å². The number of nitrogens with zero attached hydrogens (tertiary/aromatic N) is 1. The molecule has 2 rings (SSSR count). The van der Waals surface area contributed by atoms with E-state index in [1.807, 2.05) is 13.8 Å². The monoisotopic (exact) mass is 329 g/mol. The fourth-order valence-corrected chi connectivity index (χ4v) is 4.13. The molecule has 0 saturated carbocycles. The number of hydrogen-bond acceptors (Lipinski definition) is 6. The predicted octanol–water partition coefficient (Wildman–Crippen LogP) is 2.02. The summed E-state index contributed by atoms with van der Waals surface area (Å²) in [4.78, 5) is 1.12. The zero-order valence-corrected chi connectivity index (χ0v) is 13.8. The highest BCUT2D eigenvalue weighted by molar-refractivity contribution is 7.89. The van der Waals surface area contributed by atoms with E-state index in [9.17, 15) is 8.42 Å². The summed E-state index contributed by atoms with van der Waals surface area (Å²) < 4.78 is 32.2. The molecule has 0 bridgehead atoms. The molecule has 2 aromatic rings. The van der Waals surface area contributed by atoms with Crippen molar-refractivity contribution < 1.29 is 12.9 Å². The first-order chi connectivity index (χ1) is 9.88. The Morgan fingerprint density at radius 3 is 2.76 bits per heavy atom. The molecular weight excluding hydrogens is 310 g/mol. The average Bonchev–Trinajstić information content (AvgIpc) is 3.03. The molecule has 0 radical (unpaired) electrons. The second-order valence-corrected chi connectivity index (χ2v) is 7.73. The van der Waals surface area contributed by atoms with Crippen molar-refractivity contribution in [2.24, 2.45) is 0 Å². The summed E-state index contributed by atoms with van der Waals surface area (Å²) in [6, 6.07) is 3.63. The van der Waals surface area contributed by atoms with Crippen LogP contribution in [0, 0.1) is 6.92 Å². The fraction of sp³-hybridized carbons (Fsp3) is 0.462. The Balaban J connectivity index is 2.07. The molecule has 0 aliphatic heterocycles.